The number of aliphatic hydroxyl groups excluding tert-OH is 1. The fraction of sp³-hybridized carbons (Fsp3) is 0.440. The standard InChI is InChI=1S/C25H32ClN5O3/c1-5-20(24(33)34-25(2,3)4)27-21(22(32)15-23-28-30-31-29-23)13-16-9-11-17(12-10-16)18-7-6-8-19(26)14-18/h6-12,14,20-22,27,32H,5,13,15H2,1-4H3,(H,28,29,30,31)/t20-,21-,22?/m0/s1. The first-order valence-electron chi connectivity index (χ1n) is 11.4. The number of tetrazole rings is 1. The first-order chi connectivity index (χ1) is 16.1. The van der Waals surface area contributed by atoms with Gasteiger partial charge in [0.15, 0.2) is 5.82 Å². The molecule has 0 bridgehead atoms. The molecule has 0 spiro atoms. The molecule has 9 heteroatoms. The van der Waals surface area contributed by atoms with E-state index in [0.717, 1.165) is 16.7 Å². The number of aromatic amines is 1. The van der Waals surface area contributed by atoms with Crippen LogP contribution in [-0.2, 0) is 22.4 Å². The van der Waals surface area contributed by atoms with Gasteiger partial charge in [-0.05, 0) is 62.4 Å². The van der Waals surface area contributed by atoms with Crippen LogP contribution in [0.25, 0.3) is 11.1 Å². The van der Waals surface area contributed by atoms with Gasteiger partial charge in [0.1, 0.15) is 11.6 Å². The van der Waals surface area contributed by atoms with Crippen LogP contribution < -0.4 is 5.32 Å². The van der Waals surface area contributed by atoms with E-state index in [1.807, 2.05) is 76.2 Å². The van der Waals surface area contributed by atoms with Gasteiger partial charge in [-0.3, -0.25) is 10.1 Å². The molecule has 182 valence electrons. The van der Waals surface area contributed by atoms with Crippen LogP contribution in [0, 0.1) is 0 Å². The lowest BCUT2D eigenvalue weighted by molar-refractivity contribution is -0.158. The second-order valence-corrected chi connectivity index (χ2v) is 9.71. The number of rotatable bonds is 10. The summed E-state index contributed by atoms with van der Waals surface area (Å²) in [5.74, 6) is 0.0592. The number of ether oxygens (including phenoxy) is 1. The lowest BCUT2D eigenvalue weighted by Gasteiger charge is -2.30. The molecule has 1 unspecified atom stereocenters. The largest absolute Gasteiger partial charge is 0.459 e. The van der Waals surface area contributed by atoms with Crippen molar-refractivity contribution in [3.63, 3.8) is 0 Å². The number of aliphatic hydroxyl groups is 1. The summed E-state index contributed by atoms with van der Waals surface area (Å²) in [6.07, 6.45) is 0.364. The highest BCUT2D eigenvalue weighted by atomic mass is 35.5. The second-order valence-electron chi connectivity index (χ2n) is 9.28. The van der Waals surface area contributed by atoms with Gasteiger partial charge in [-0.15, -0.1) is 10.2 Å². The molecule has 3 aromatic rings. The van der Waals surface area contributed by atoms with E-state index in [1.54, 1.807) is 0 Å². The number of esters is 1. The van der Waals surface area contributed by atoms with E-state index in [0.29, 0.717) is 23.7 Å². The second kappa shape index (κ2) is 11.6. The highest BCUT2D eigenvalue weighted by molar-refractivity contribution is 6.30. The summed E-state index contributed by atoms with van der Waals surface area (Å²) in [5.41, 5.74) is 2.49. The van der Waals surface area contributed by atoms with Gasteiger partial charge < -0.3 is 9.84 Å². The molecule has 0 aliphatic heterocycles. The van der Waals surface area contributed by atoms with Crippen molar-refractivity contribution < 1.29 is 14.6 Å². The number of hydrogen-bond donors (Lipinski definition) is 3. The maximum atomic E-state index is 12.7. The number of halogens is 1. The summed E-state index contributed by atoms with van der Waals surface area (Å²) in [5, 5.41) is 28.9. The molecule has 0 aliphatic carbocycles. The fourth-order valence-electron chi connectivity index (χ4n) is 3.64. The highest BCUT2D eigenvalue weighted by Crippen LogP contribution is 2.24. The Morgan fingerprint density at radius 3 is 2.47 bits per heavy atom. The molecule has 3 rings (SSSR count). The van der Waals surface area contributed by atoms with Crippen LogP contribution >= 0.6 is 11.6 Å². The molecule has 3 N–H and O–H groups in total. The predicted octanol–water partition coefficient (Wildman–Crippen LogP) is 3.74. The third kappa shape index (κ3) is 7.62. The summed E-state index contributed by atoms with van der Waals surface area (Å²) >= 11 is 6.12. The fourth-order valence-corrected chi connectivity index (χ4v) is 3.83. The van der Waals surface area contributed by atoms with Crippen molar-refractivity contribution in [2.24, 2.45) is 0 Å². The Hall–Kier alpha value is -2.81. The minimum absolute atomic E-state index is 0.194. The molecule has 1 aromatic heterocycles. The molecular formula is C25H32ClN5O3. The molecule has 0 fully saturated rings. The molecule has 1 heterocycles. The van der Waals surface area contributed by atoms with E-state index in [2.05, 4.69) is 25.9 Å². The molecular weight excluding hydrogens is 454 g/mol. The Labute approximate surface area is 205 Å². The van der Waals surface area contributed by atoms with E-state index in [9.17, 15) is 9.90 Å². The first kappa shape index (κ1) is 25.8. The van der Waals surface area contributed by atoms with Crippen molar-refractivity contribution in [1.29, 1.82) is 0 Å². The molecule has 2 aromatic carbocycles. The number of aromatic nitrogens is 4. The minimum atomic E-state index is -0.846. The lowest BCUT2D eigenvalue weighted by Crippen LogP contribution is -2.51. The zero-order chi connectivity index (χ0) is 24.7. The van der Waals surface area contributed by atoms with Gasteiger partial charge in [-0.2, -0.15) is 5.21 Å². The van der Waals surface area contributed by atoms with Crippen molar-refractivity contribution in [3.8, 4) is 11.1 Å². The first-order valence-corrected chi connectivity index (χ1v) is 11.8. The van der Waals surface area contributed by atoms with Crippen LogP contribution in [0.4, 0.5) is 0 Å². The Morgan fingerprint density at radius 1 is 1.15 bits per heavy atom. The van der Waals surface area contributed by atoms with Crippen LogP contribution in [0.15, 0.2) is 48.5 Å². The molecule has 0 amide bonds. The normalized spacial score (nSPS) is 14.4. The Kier molecular flexibility index (Phi) is 8.77. The predicted molar refractivity (Wildman–Crippen MR) is 131 cm³/mol. The van der Waals surface area contributed by atoms with Crippen LogP contribution in [0.3, 0.4) is 0 Å². The van der Waals surface area contributed by atoms with Crippen molar-refractivity contribution in [3.05, 3.63) is 64.9 Å². The topological polar surface area (TPSA) is 113 Å². The number of nitrogens with one attached hydrogen (secondary N) is 2. The number of nitrogens with zero attached hydrogens (tertiary/aromatic N) is 3. The van der Waals surface area contributed by atoms with Crippen LogP contribution in [0.2, 0.25) is 5.02 Å². The third-order valence-corrected chi connectivity index (χ3v) is 5.56. The van der Waals surface area contributed by atoms with Crippen LogP contribution in [-0.4, -0.2) is 55.5 Å². The molecule has 0 saturated carbocycles. The minimum Gasteiger partial charge on any atom is -0.459 e. The Balaban J connectivity index is 1.78. The zero-order valence-corrected chi connectivity index (χ0v) is 20.7. The van der Waals surface area contributed by atoms with Crippen molar-refractivity contribution in [1.82, 2.24) is 25.9 Å². The Bertz CT molecular complexity index is 1050. The van der Waals surface area contributed by atoms with E-state index in [1.165, 1.54) is 0 Å². The number of carbonyl (C=O) groups excluding carboxylic acids is 1. The summed E-state index contributed by atoms with van der Waals surface area (Å²) in [6, 6.07) is 14.8. The Morgan fingerprint density at radius 2 is 1.88 bits per heavy atom. The van der Waals surface area contributed by atoms with E-state index in [-0.39, 0.29) is 12.4 Å². The van der Waals surface area contributed by atoms with Crippen LogP contribution in [0.1, 0.15) is 45.5 Å². The smallest absolute Gasteiger partial charge is 0.323 e. The SMILES string of the molecule is CC[C@H](N[C@@H](Cc1ccc(-c2cccc(Cl)c2)cc1)C(O)Cc1nn[nH]n1)C(=O)OC(C)(C)C. The van der Waals surface area contributed by atoms with Crippen molar-refractivity contribution in [2.75, 3.05) is 0 Å². The summed E-state index contributed by atoms with van der Waals surface area (Å²) in [6.45, 7) is 7.41. The number of H-pyrrole nitrogens is 1. The lowest BCUT2D eigenvalue weighted by atomic mass is 9.96. The molecule has 3 atom stereocenters. The number of hydrogen-bond acceptors (Lipinski definition) is 7. The zero-order valence-electron chi connectivity index (χ0n) is 20.0. The average Bonchev–Trinajstić information content (AvgIpc) is 3.28. The summed E-state index contributed by atoms with van der Waals surface area (Å²) < 4.78 is 5.57. The molecule has 8 nitrogen and oxygen atoms in total. The third-order valence-electron chi connectivity index (χ3n) is 5.33. The van der Waals surface area contributed by atoms with Gasteiger partial charge in [0.05, 0.1) is 6.10 Å². The van der Waals surface area contributed by atoms with Gasteiger partial charge in [-0.1, -0.05) is 60.1 Å². The molecule has 0 radical (unpaired) electrons. The maximum absolute atomic E-state index is 12.7. The highest BCUT2D eigenvalue weighted by Gasteiger charge is 2.29. The van der Waals surface area contributed by atoms with Gasteiger partial charge in [0, 0.05) is 17.5 Å². The van der Waals surface area contributed by atoms with E-state index in [4.69, 9.17) is 16.3 Å². The molecule has 0 saturated heterocycles. The number of benzene rings is 2. The van der Waals surface area contributed by atoms with E-state index < -0.39 is 23.8 Å². The summed E-state index contributed by atoms with van der Waals surface area (Å²) in [4.78, 5) is 12.7. The molecule has 0 aliphatic rings. The van der Waals surface area contributed by atoms with Crippen molar-refractivity contribution >= 4 is 17.6 Å². The summed E-state index contributed by atoms with van der Waals surface area (Å²) in [7, 11) is 0. The van der Waals surface area contributed by atoms with Crippen LogP contribution in [0.5, 0.6) is 0 Å². The van der Waals surface area contributed by atoms with Crippen molar-refractivity contribution in [2.45, 2.75) is 70.7 Å². The van der Waals surface area contributed by atoms with Gasteiger partial charge in [0.25, 0.3) is 0 Å². The average molecular weight is 486 g/mol. The maximum Gasteiger partial charge on any atom is 0.323 e. The quantitative estimate of drug-likeness (QED) is 0.375. The molecule has 34 heavy (non-hydrogen) atoms. The van der Waals surface area contributed by atoms with Gasteiger partial charge in [-0.25, -0.2) is 0 Å². The number of carbonyl (C=O) groups is 1. The monoisotopic (exact) mass is 485 g/mol. The van der Waals surface area contributed by atoms with Gasteiger partial charge in [0.2, 0.25) is 0 Å². The van der Waals surface area contributed by atoms with E-state index >= 15 is 0 Å². The van der Waals surface area contributed by atoms with Gasteiger partial charge >= 0.3 is 5.97 Å².